The zero-order valence-corrected chi connectivity index (χ0v) is 14.1. The normalized spacial score (nSPS) is 16.8. The van der Waals surface area contributed by atoms with Crippen LogP contribution in [0.2, 0.25) is 0 Å². The molecule has 0 amide bonds. The van der Waals surface area contributed by atoms with Crippen molar-refractivity contribution < 1.29 is 0 Å². The Morgan fingerprint density at radius 3 is 2.56 bits per heavy atom. The second kappa shape index (κ2) is 6.95. The Hall–Kier alpha value is -0.0200. The van der Waals surface area contributed by atoms with Gasteiger partial charge in [0.15, 0.2) is 0 Å². The van der Waals surface area contributed by atoms with E-state index < -0.39 is 0 Å². The van der Waals surface area contributed by atoms with Crippen molar-refractivity contribution in [1.82, 2.24) is 0 Å². The average Bonchev–Trinajstić information content (AvgIpc) is 2.39. The molecule has 0 spiro atoms. The molecule has 1 saturated carbocycles. The molecule has 1 aromatic rings. The van der Waals surface area contributed by atoms with Crippen LogP contribution in [0, 0.1) is 5.92 Å². The van der Waals surface area contributed by atoms with Gasteiger partial charge in [0.25, 0.3) is 0 Å². The van der Waals surface area contributed by atoms with Crippen LogP contribution in [0.3, 0.4) is 0 Å². The molecule has 0 radical (unpaired) electrons. The van der Waals surface area contributed by atoms with E-state index in [9.17, 15) is 0 Å². The highest BCUT2D eigenvalue weighted by atomic mass is 79.9. The Balaban J connectivity index is 1.99. The Kier molecular flexibility index (Phi) is 5.56. The molecule has 0 bridgehead atoms. The number of rotatable bonds is 4. The summed E-state index contributed by atoms with van der Waals surface area (Å²) in [5, 5.41) is 0.903. The van der Waals surface area contributed by atoms with Crippen molar-refractivity contribution in [3.8, 4) is 0 Å². The molecule has 18 heavy (non-hydrogen) atoms. The van der Waals surface area contributed by atoms with Crippen LogP contribution >= 0.6 is 31.9 Å². The molecular formula is C15H21Br2N. The van der Waals surface area contributed by atoms with E-state index in [1.54, 1.807) is 0 Å². The van der Waals surface area contributed by atoms with E-state index in [1.165, 1.54) is 54.4 Å². The predicted octanol–water partition coefficient (Wildman–Crippen LogP) is 5.36. The maximum Gasteiger partial charge on any atom is 0.0375 e. The van der Waals surface area contributed by atoms with Gasteiger partial charge < -0.3 is 4.90 Å². The smallest absolute Gasteiger partial charge is 0.0375 e. The number of anilines is 1. The Morgan fingerprint density at radius 1 is 1.22 bits per heavy atom. The van der Waals surface area contributed by atoms with Gasteiger partial charge in [0.05, 0.1) is 0 Å². The number of hydrogen-bond donors (Lipinski definition) is 0. The van der Waals surface area contributed by atoms with Gasteiger partial charge in [-0.25, -0.2) is 0 Å². The van der Waals surface area contributed by atoms with E-state index in [4.69, 9.17) is 0 Å². The van der Waals surface area contributed by atoms with E-state index in [0.717, 1.165) is 11.2 Å². The van der Waals surface area contributed by atoms with E-state index in [0.29, 0.717) is 0 Å². The summed E-state index contributed by atoms with van der Waals surface area (Å²) in [6.45, 7) is 1.19. The van der Waals surface area contributed by atoms with Crippen molar-refractivity contribution in [2.45, 2.75) is 37.4 Å². The summed E-state index contributed by atoms with van der Waals surface area (Å²) >= 11 is 7.15. The number of benzene rings is 1. The fourth-order valence-corrected chi connectivity index (χ4v) is 4.12. The van der Waals surface area contributed by atoms with Gasteiger partial charge in [0.1, 0.15) is 0 Å². The Labute approximate surface area is 127 Å². The summed E-state index contributed by atoms with van der Waals surface area (Å²) in [5.74, 6) is 0.887. The second-order valence-electron chi connectivity index (χ2n) is 5.29. The molecule has 0 saturated heterocycles. The van der Waals surface area contributed by atoms with Gasteiger partial charge in [-0.15, -0.1) is 0 Å². The summed E-state index contributed by atoms with van der Waals surface area (Å²) in [4.78, 5) is 2.40. The van der Waals surface area contributed by atoms with Crippen molar-refractivity contribution in [2.24, 2.45) is 5.92 Å². The van der Waals surface area contributed by atoms with Gasteiger partial charge in [-0.2, -0.15) is 0 Å². The first-order valence-corrected chi connectivity index (χ1v) is 8.67. The number of alkyl halides is 1. The van der Waals surface area contributed by atoms with Crippen molar-refractivity contribution in [3.05, 3.63) is 28.2 Å². The van der Waals surface area contributed by atoms with Gasteiger partial charge in [-0.05, 0) is 36.5 Å². The summed E-state index contributed by atoms with van der Waals surface area (Å²) in [7, 11) is 2.21. The summed E-state index contributed by atoms with van der Waals surface area (Å²) in [5.41, 5.74) is 2.63. The fraction of sp³-hybridized carbons (Fsp3) is 0.600. The fourth-order valence-electron chi connectivity index (χ4n) is 2.74. The summed E-state index contributed by atoms with van der Waals surface area (Å²) < 4.78 is 1.20. The zero-order chi connectivity index (χ0) is 13.0. The molecule has 0 atom stereocenters. The first kappa shape index (κ1) is 14.4. The van der Waals surface area contributed by atoms with Crippen molar-refractivity contribution in [2.75, 3.05) is 18.5 Å². The molecule has 1 nitrogen and oxygen atoms in total. The standard InChI is InChI=1S/C15H21Br2N/c1-18(11-12-5-3-2-4-6-12)14-8-7-13(10-16)15(17)9-14/h7-9,12H,2-6,10-11H2,1H3. The number of hydrogen-bond acceptors (Lipinski definition) is 1. The minimum absolute atomic E-state index is 0.887. The average molecular weight is 375 g/mol. The maximum absolute atomic E-state index is 3.64. The largest absolute Gasteiger partial charge is 0.374 e. The highest BCUT2D eigenvalue weighted by Crippen LogP contribution is 2.28. The zero-order valence-electron chi connectivity index (χ0n) is 11.0. The summed E-state index contributed by atoms with van der Waals surface area (Å²) in [6, 6.07) is 6.66. The second-order valence-corrected chi connectivity index (χ2v) is 6.71. The van der Waals surface area contributed by atoms with Crippen LogP contribution in [0.4, 0.5) is 5.69 Å². The molecule has 1 aromatic carbocycles. The molecule has 0 N–H and O–H groups in total. The Bertz CT molecular complexity index is 386. The quantitative estimate of drug-likeness (QED) is 0.641. The highest BCUT2D eigenvalue weighted by Gasteiger charge is 2.15. The molecular weight excluding hydrogens is 354 g/mol. The molecule has 1 aliphatic carbocycles. The predicted molar refractivity (Wildman–Crippen MR) is 86.6 cm³/mol. The van der Waals surface area contributed by atoms with Crippen molar-refractivity contribution in [3.63, 3.8) is 0 Å². The third-order valence-electron chi connectivity index (χ3n) is 3.88. The minimum atomic E-state index is 0.887. The molecule has 1 aliphatic rings. The molecule has 0 aromatic heterocycles. The monoisotopic (exact) mass is 373 g/mol. The van der Waals surface area contributed by atoms with Gasteiger partial charge >= 0.3 is 0 Å². The lowest BCUT2D eigenvalue weighted by molar-refractivity contribution is 0.362. The third kappa shape index (κ3) is 3.74. The maximum atomic E-state index is 3.64. The molecule has 0 unspecified atom stereocenters. The van der Waals surface area contributed by atoms with Gasteiger partial charge in [0, 0.05) is 29.1 Å². The van der Waals surface area contributed by atoms with E-state index in [1.807, 2.05) is 0 Å². The Morgan fingerprint density at radius 2 is 1.94 bits per heavy atom. The molecule has 0 aliphatic heterocycles. The van der Waals surface area contributed by atoms with Crippen LogP contribution in [0.5, 0.6) is 0 Å². The lowest BCUT2D eigenvalue weighted by Crippen LogP contribution is -2.26. The first-order valence-electron chi connectivity index (χ1n) is 6.76. The minimum Gasteiger partial charge on any atom is -0.374 e. The van der Waals surface area contributed by atoms with E-state index in [2.05, 4.69) is 62.0 Å². The topological polar surface area (TPSA) is 3.24 Å². The van der Waals surface area contributed by atoms with Crippen LogP contribution in [-0.2, 0) is 5.33 Å². The van der Waals surface area contributed by atoms with Crippen LogP contribution in [0.15, 0.2) is 22.7 Å². The van der Waals surface area contributed by atoms with E-state index >= 15 is 0 Å². The third-order valence-corrected chi connectivity index (χ3v) is 5.22. The van der Waals surface area contributed by atoms with Crippen molar-refractivity contribution in [1.29, 1.82) is 0 Å². The van der Waals surface area contributed by atoms with Crippen LogP contribution in [0.25, 0.3) is 0 Å². The molecule has 1 fully saturated rings. The molecule has 100 valence electrons. The lowest BCUT2D eigenvalue weighted by atomic mass is 9.89. The molecule has 3 heteroatoms. The van der Waals surface area contributed by atoms with Gasteiger partial charge in [-0.3, -0.25) is 0 Å². The number of halogens is 2. The summed E-state index contributed by atoms with van der Waals surface area (Å²) in [6.07, 6.45) is 7.09. The van der Waals surface area contributed by atoms with Crippen LogP contribution in [-0.4, -0.2) is 13.6 Å². The van der Waals surface area contributed by atoms with Crippen LogP contribution in [0.1, 0.15) is 37.7 Å². The lowest BCUT2D eigenvalue weighted by Gasteiger charge is -2.28. The SMILES string of the molecule is CN(CC1CCCCC1)c1ccc(CBr)c(Br)c1. The first-order chi connectivity index (χ1) is 8.70. The molecule has 0 heterocycles. The van der Waals surface area contributed by atoms with Crippen molar-refractivity contribution >= 4 is 37.5 Å². The van der Waals surface area contributed by atoms with Gasteiger partial charge in [-0.1, -0.05) is 57.2 Å². The highest BCUT2D eigenvalue weighted by molar-refractivity contribution is 9.10. The van der Waals surface area contributed by atoms with Gasteiger partial charge in [0.2, 0.25) is 0 Å². The van der Waals surface area contributed by atoms with Crippen LogP contribution < -0.4 is 4.90 Å². The van der Waals surface area contributed by atoms with E-state index in [-0.39, 0.29) is 0 Å². The molecule has 2 rings (SSSR count). The number of nitrogens with zero attached hydrogens (tertiary/aromatic N) is 1.